The average molecular weight is 346 g/mol. The molecule has 1 N–H and O–H groups in total. The first-order valence-corrected chi connectivity index (χ1v) is 7.57. The van der Waals surface area contributed by atoms with E-state index < -0.39 is 23.2 Å². The van der Waals surface area contributed by atoms with Gasteiger partial charge in [0.2, 0.25) is 0 Å². The van der Waals surface area contributed by atoms with Gasteiger partial charge in [-0.3, -0.25) is 4.79 Å². The molecule has 3 rings (SSSR count). The van der Waals surface area contributed by atoms with Crippen LogP contribution in [0.25, 0.3) is 11.0 Å². The van der Waals surface area contributed by atoms with Gasteiger partial charge in [0, 0.05) is 32.1 Å². The predicted octanol–water partition coefficient (Wildman–Crippen LogP) is 2.56. The van der Waals surface area contributed by atoms with Crippen LogP contribution in [0.2, 0.25) is 0 Å². The summed E-state index contributed by atoms with van der Waals surface area (Å²) in [5.41, 5.74) is 1.21. The summed E-state index contributed by atoms with van der Waals surface area (Å²) in [7, 11) is 3.11. The van der Waals surface area contributed by atoms with Gasteiger partial charge in [0.25, 0.3) is 5.91 Å². The third kappa shape index (κ3) is 3.57. The second-order valence-corrected chi connectivity index (χ2v) is 5.53. The lowest BCUT2D eigenvalue weighted by molar-refractivity contribution is 0.0785. The van der Waals surface area contributed by atoms with Gasteiger partial charge in [0.05, 0.1) is 24.3 Å². The molecule has 8 heteroatoms. The van der Waals surface area contributed by atoms with E-state index in [-0.39, 0.29) is 0 Å². The molecule has 0 saturated carbocycles. The number of ether oxygens (including phenoxy) is 1. The number of fused-ring (bicyclic) bond motifs is 1. The maximum atomic E-state index is 13.7. The summed E-state index contributed by atoms with van der Waals surface area (Å²) in [5.74, 6) is -1.01. The van der Waals surface area contributed by atoms with Gasteiger partial charge < -0.3 is 14.6 Å². The summed E-state index contributed by atoms with van der Waals surface area (Å²) >= 11 is 0. The van der Waals surface area contributed by atoms with Crippen LogP contribution < -0.4 is 4.74 Å². The highest BCUT2D eigenvalue weighted by Crippen LogP contribution is 2.19. The number of carbonyl (C=O) groups excluding carboxylic acids is 1. The molecule has 0 bridgehead atoms. The van der Waals surface area contributed by atoms with E-state index in [9.17, 15) is 13.6 Å². The molecule has 0 atom stereocenters. The number of amides is 1. The van der Waals surface area contributed by atoms with Gasteiger partial charge >= 0.3 is 0 Å². The first kappa shape index (κ1) is 16.8. The molecule has 1 aromatic carbocycles. The average Bonchev–Trinajstić information content (AvgIpc) is 3.01. The SMILES string of the molecule is COc1ccc2nc(CCN(C)C(=O)c3ncc(F)cc3F)[nH]c2c1. The molecule has 0 unspecified atom stereocenters. The minimum absolute atomic E-state index is 0.300. The first-order chi connectivity index (χ1) is 12.0. The Morgan fingerprint density at radius 1 is 1.32 bits per heavy atom. The summed E-state index contributed by atoms with van der Waals surface area (Å²) in [6.45, 7) is 0.300. The molecule has 25 heavy (non-hydrogen) atoms. The number of hydrogen-bond donors (Lipinski definition) is 1. The van der Waals surface area contributed by atoms with Crippen molar-refractivity contribution in [1.82, 2.24) is 19.9 Å². The molecule has 2 aromatic heterocycles. The number of aromatic nitrogens is 3. The number of pyridine rings is 1. The topological polar surface area (TPSA) is 71.1 Å². The van der Waals surface area contributed by atoms with Gasteiger partial charge in [-0.05, 0) is 12.1 Å². The van der Waals surface area contributed by atoms with E-state index in [4.69, 9.17) is 4.74 Å². The highest BCUT2D eigenvalue weighted by Gasteiger charge is 2.18. The molecular weight excluding hydrogens is 330 g/mol. The van der Waals surface area contributed by atoms with E-state index in [1.54, 1.807) is 7.11 Å². The van der Waals surface area contributed by atoms with Crippen LogP contribution in [0.3, 0.4) is 0 Å². The van der Waals surface area contributed by atoms with Crippen molar-refractivity contribution in [2.45, 2.75) is 6.42 Å². The van der Waals surface area contributed by atoms with E-state index in [0.717, 1.165) is 17.2 Å². The molecule has 0 radical (unpaired) electrons. The number of benzene rings is 1. The number of nitrogens with zero attached hydrogens (tertiary/aromatic N) is 3. The number of hydrogen-bond acceptors (Lipinski definition) is 4. The Hall–Kier alpha value is -3.03. The van der Waals surface area contributed by atoms with E-state index in [1.165, 1.54) is 11.9 Å². The number of likely N-dealkylation sites (N-methyl/N-ethyl adjacent to an activating group) is 1. The summed E-state index contributed by atoms with van der Waals surface area (Å²) in [6, 6.07) is 6.12. The Balaban J connectivity index is 1.69. The molecule has 130 valence electrons. The lowest BCUT2D eigenvalue weighted by Gasteiger charge is -2.16. The predicted molar refractivity (Wildman–Crippen MR) is 87.5 cm³/mol. The van der Waals surface area contributed by atoms with Crippen molar-refractivity contribution in [2.24, 2.45) is 0 Å². The van der Waals surface area contributed by atoms with Crippen LogP contribution in [0, 0.1) is 11.6 Å². The number of rotatable bonds is 5. The number of carbonyl (C=O) groups is 1. The molecule has 0 aliphatic carbocycles. The minimum Gasteiger partial charge on any atom is -0.497 e. The normalized spacial score (nSPS) is 10.9. The zero-order chi connectivity index (χ0) is 18.0. The fourth-order valence-corrected chi connectivity index (χ4v) is 2.41. The van der Waals surface area contributed by atoms with E-state index in [1.807, 2.05) is 18.2 Å². The molecule has 2 heterocycles. The van der Waals surface area contributed by atoms with Gasteiger partial charge in [0.1, 0.15) is 17.4 Å². The van der Waals surface area contributed by atoms with Crippen molar-refractivity contribution < 1.29 is 18.3 Å². The second kappa shape index (κ2) is 6.84. The Kier molecular flexibility index (Phi) is 4.60. The molecule has 6 nitrogen and oxygen atoms in total. The third-order valence-electron chi connectivity index (χ3n) is 3.78. The van der Waals surface area contributed by atoms with Crippen molar-refractivity contribution in [2.75, 3.05) is 20.7 Å². The van der Waals surface area contributed by atoms with Crippen molar-refractivity contribution in [3.05, 3.63) is 53.6 Å². The summed E-state index contributed by atoms with van der Waals surface area (Å²) in [4.78, 5) is 24.6. The van der Waals surface area contributed by atoms with Gasteiger partial charge in [0.15, 0.2) is 11.5 Å². The molecular formula is C17H16F2N4O2. The van der Waals surface area contributed by atoms with Gasteiger partial charge in [-0.2, -0.15) is 0 Å². The van der Waals surface area contributed by atoms with Gasteiger partial charge in [-0.25, -0.2) is 18.7 Å². The largest absolute Gasteiger partial charge is 0.497 e. The number of methoxy groups -OCH3 is 1. The highest BCUT2D eigenvalue weighted by atomic mass is 19.1. The van der Waals surface area contributed by atoms with Crippen LogP contribution in [0.5, 0.6) is 5.75 Å². The number of imidazole rings is 1. The number of nitrogens with one attached hydrogen (secondary N) is 1. The quantitative estimate of drug-likeness (QED) is 0.771. The Labute approximate surface area is 142 Å². The zero-order valence-corrected chi connectivity index (χ0v) is 13.7. The highest BCUT2D eigenvalue weighted by molar-refractivity contribution is 5.92. The fraction of sp³-hybridized carbons (Fsp3) is 0.235. The van der Waals surface area contributed by atoms with Gasteiger partial charge in [-0.1, -0.05) is 0 Å². The van der Waals surface area contributed by atoms with Crippen molar-refractivity contribution >= 4 is 16.9 Å². The molecule has 0 aliphatic heterocycles. The third-order valence-corrected chi connectivity index (χ3v) is 3.78. The van der Waals surface area contributed by atoms with E-state index in [0.29, 0.717) is 30.6 Å². The molecule has 0 aliphatic rings. The van der Waals surface area contributed by atoms with Crippen LogP contribution in [0.15, 0.2) is 30.5 Å². The Morgan fingerprint density at radius 3 is 2.84 bits per heavy atom. The van der Waals surface area contributed by atoms with Crippen LogP contribution in [-0.4, -0.2) is 46.5 Å². The molecule has 0 spiro atoms. The second-order valence-electron chi connectivity index (χ2n) is 5.53. The van der Waals surface area contributed by atoms with Crippen molar-refractivity contribution in [3.63, 3.8) is 0 Å². The Bertz CT molecular complexity index is 926. The summed E-state index contributed by atoms with van der Waals surface area (Å²) in [6.07, 6.45) is 1.26. The number of halogens is 2. The smallest absolute Gasteiger partial charge is 0.275 e. The Morgan fingerprint density at radius 2 is 2.12 bits per heavy atom. The minimum atomic E-state index is -0.979. The standard InChI is InChI=1S/C17H16F2N4O2/c1-23(17(24)16-12(19)7-10(18)9-20-16)6-5-15-21-13-4-3-11(25-2)8-14(13)22-15/h3-4,7-9H,5-6H2,1-2H3,(H,21,22). The maximum absolute atomic E-state index is 13.7. The van der Waals surface area contributed by atoms with Gasteiger partial charge in [-0.15, -0.1) is 0 Å². The zero-order valence-electron chi connectivity index (χ0n) is 13.7. The van der Waals surface area contributed by atoms with Crippen molar-refractivity contribution in [3.8, 4) is 5.75 Å². The number of H-pyrrole nitrogens is 1. The molecule has 3 aromatic rings. The molecule has 0 saturated heterocycles. The first-order valence-electron chi connectivity index (χ1n) is 7.57. The van der Waals surface area contributed by atoms with Crippen LogP contribution >= 0.6 is 0 Å². The summed E-state index contributed by atoms with van der Waals surface area (Å²) in [5, 5.41) is 0. The monoisotopic (exact) mass is 346 g/mol. The molecule has 0 fully saturated rings. The summed E-state index contributed by atoms with van der Waals surface area (Å²) < 4.78 is 31.7. The molecule has 1 amide bonds. The van der Waals surface area contributed by atoms with Crippen LogP contribution in [0.1, 0.15) is 16.3 Å². The van der Waals surface area contributed by atoms with Crippen LogP contribution in [0.4, 0.5) is 8.78 Å². The van der Waals surface area contributed by atoms with Crippen LogP contribution in [-0.2, 0) is 6.42 Å². The van der Waals surface area contributed by atoms with E-state index in [2.05, 4.69) is 15.0 Å². The van der Waals surface area contributed by atoms with Crippen molar-refractivity contribution in [1.29, 1.82) is 0 Å². The fourth-order valence-electron chi connectivity index (χ4n) is 2.41. The lowest BCUT2D eigenvalue weighted by atomic mass is 10.3. The maximum Gasteiger partial charge on any atom is 0.275 e. The van der Waals surface area contributed by atoms with E-state index >= 15 is 0 Å². The lowest BCUT2D eigenvalue weighted by Crippen LogP contribution is -2.30. The number of aromatic amines is 1.